The summed E-state index contributed by atoms with van der Waals surface area (Å²) in [6, 6.07) is 3.67. The molecule has 4 N–H and O–H groups in total. The van der Waals surface area contributed by atoms with Crippen LogP contribution in [0.1, 0.15) is 12.0 Å². The molecule has 8 heteroatoms. The molecule has 0 spiro atoms. The molecule has 1 aromatic carbocycles. The number of hydrogen-bond acceptors (Lipinski definition) is 4. The predicted molar refractivity (Wildman–Crippen MR) is 82.2 cm³/mol. The van der Waals surface area contributed by atoms with Crippen LogP contribution in [0.3, 0.4) is 0 Å². The number of halogens is 1. The van der Waals surface area contributed by atoms with Crippen molar-refractivity contribution < 1.29 is 18.8 Å². The van der Waals surface area contributed by atoms with Crippen molar-refractivity contribution in [3.05, 3.63) is 29.6 Å². The summed E-state index contributed by atoms with van der Waals surface area (Å²) in [6.45, 7) is 2.32. The number of anilines is 1. The first-order chi connectivity index (χ1) is 11.0. The highest BCUT2D eigenvalue weighted by Gasteiger charge is 2.23. The highest BCUT2D eigenvalue weighted by Crippen LogP contribution is 2.13. The summed E-state index contributed by atoms with van der Waals surface area (Å²) in [5.41, 5.74) is 0.945. The molecule has 1 heterocycles. The Morgan fingerprint density at radius 3 is 2.87 bits per heavy atom. The van der Waals surface area contributed by atoms with Crippen LogP contribution < -0.4 is 21.3 Å². The van der Waals surface area contributed by atoms with Crippen LogP contribution in [0.2, 0.25) is 0 Å². The second kappa shape index (κ2) is 7.68. The summed E-state index contributed by atoms with van der Waals surface area (Å²) in [4.78, 5) is 34.8. The smallest absolute Gasteiger partial charge is 0.243 e. The van der Waals surface area contributed by atoms with Crippen molar-refractivity contribution in [3.63, 3.8) is 0 Å². The van der Waals surface area contributed by atoms with E-state index in [4.69, 9.17) is 0 Å². The van der Waals surface area contributed by atoms with E-state index in [1.54, 1.807) is 6.92 Å². The Morgan fingerprint density at radius 2 is 2.17 bits per heavy atom. The SMILES string of the molecule is Cc1cc(NC(=O)CCNC(=O)C2CNCC(=O)N2)ccc1F. The summed E-state index contributed by atoms with van der Waals surface area (Å²) in [7, 11) is 0. The number of amides is 3. The van der Waals surface area contributed by atoms with Gasteiger partial charge in [-0.1, -0.05) is 0 Å². The monoisotopic (exact) mass is 322 g/mol. The molecular formula is C15H19FN4O3. The number of hydrogen-bond donors (Lipinski definition) is 4. The first kappa shape index (κ1) is 16.9. The lowest BCUT2D eigenvalue weighted by Gasteiger charge is -2.23. The maximum Gasteiger partial charge on any atom is 0.243 e. The molecule has 2 rings (SSSR count). The van der Waals surface area contributed by atoms with Gasteiger partial charge in [-0.2, -0.15) is 0 Å². The molecule has 124 valence electrons. The third-order valence-electron chi connectivity index (χ3n) is 3.38. The van der Waals surface area contributed by atoms with Gasteiger partial charge in [0.15, 0.2) is 0 Å². The maximum atomic E-state index is 13.1. The average molecular weight is 322 g/mol. The van der Waals surface area contributed by atoms with E-state index in [-0.39, 0.29) is 43.0 Å². The minimum absolute atomic E-state index is 0.0796. The van der Waals surface area contributed by atoms with Crippen molar-refractivity contribution in [1.82, 2.24) is 16.0 Å². The van der Waals surface area contributed by atoms with Gasteiger partial charge in [-0.3, -0.25) is 14.4 Å². The van der Waals surface area contributed by atoms with Gasteiger partial charge in [-0.05, 0) is 30.7 Å². The highest BCUT2D eigenvalue weighted by atomic mass is 19.1. The van der Waals surface area contributed by atoms with Crippen molar-refractivity contribution in [3.8, 4) is 0 Å². The van der Waals surface area contributed by atoms with Gasteiger partial charge in [0.25, 0.3) is 0 Å². The van der Waals surface area contributed by atoms with Crippen LogP contribution in [0.25, 0.3) is 0 Å². The van der Waals surface area contributed by atoms with Crippen LogP contribution in [-0.4, -0.2) is 43.4 Å². The molecule has 1 atom stereocenters. The number of nitrogens with one attached hydrogen (secondary N) is 4. The van der Waals surface area contributed by atoms with E-state index < -0.39 is 6.04 Å². The lowest BCUT2D eigenvalue weighted by molar-refractivity contribution is -0.130. The number of carbonyl (C=O) groups excluding carboxylic acids is 3. The molecule has 0 aliphatic carbocycles. The molecular weight excluding hydrogens is 303 g/mol. The molecule has 1 aliphatic rings. The van der Waals surface area contributed by atoms with Crippen LogP contribution in [0, 0.1) is 12.7 Å². The van der Waals surface area contributed by atoms with E-state index in [0.717, 1.165) is 0 Å². The minimum atomic E-state index is -0.626. The van der Waals surface area contributed by atoms with Gasteiger partial charge < -0.3 is 21.3 Å². The lowest BCUT2D eigenvalue weighted by atomic mass is 10.2. The minimum Gasteiger partial charge on any atom is -0.354 e. The van der Waals surface area contributed by atoms with Gasteiger partial charge in [0, 0.05) is 25.2 Å². The molecule has 23 heavy (non-hydrogen) atoms. The normalized spacial score (nSPS) is 17.3. The molecule has 1 saturated heterocycles. The van der Waals surface area contributed by atoms with Crippen LogP contribution in [0.4, 0.5) is 10.1 Å². The standard InChI is InChI=1S/C15H19FN4O3/c1-9-6-10(2-3-11(9)16)19-13(21)4-5-18-15(23)12-7-17-8-14(22)20-12/h2-3,6,12,17H,4-5,7-8H2,1H3,(H,18,23)(H,19,21)(H,20,22). The van der Waals surface area contributed by atoms with E-state index in [1.165, 1.54) is 18.2 Å². The second-order valence-electron chi connectivity index (χ2n) is 5.30. The van der Waals surface area contributed by atoms with Crippen molar-refractivity contribution in [2.45, 2.75) is 19.4 Å². The molecule has 1 aromatic rings. The fraction of sp³-hybridized carbons (Fsp3) is 0.400. The third-order valence-corrected chi connectivity index (χ3v) is 3.38. The molecule has 0 saturated carbocycles. The first-order valence-corrected chi connectivity index (χ1v) is 7.29. The molecule has 3 amide bonds. The Kier molecular flexibility index (Phi) is 5.64. The molecule has 1 aliphatic heterocycles. The predicted octanol–water partition coefficient (Wildman–Crippen LogP) is -0.333. The fourth-order valence-corrected chi connectivity index (χ4v) is 2.15. The Hall–Kier alpha value is -2.48. The Morgan fingerprint density at radius 1 is 1.39 bits per heavy atom. The van der Waals surface area contributed by atoms with Crippen LogP contribution in [0.5, 0.6) is 0 Å². The Labute approximate surface area is 133 Å². The molecule has 0 radical (unpaired) electrons. The first-order valence-electron chi connectivity index (χ1n) is 7.29. The molecule has 1 unspecified atom stereocenters. The molecule has 0 bridgehead atoms. The quantitative estimate of drug-likeness (QED) is 0.596. The van der Waals surface area contributed by atoms with Gasteiger partial charge >= 0.3 is 0 Å². The fourth-order valence-electron chi connectivity index (χ4n) is 2.15. The zero-order chi connectivity index (χ0) is 16.8. The summed E-state index contributed by atoms with van der Waals surface area (Å²) in [5.74, 6) is -1.20. The van der Waals surface area contributed by atoms with Gasteiger partial charge in [0.1, 0.15) is 11.9 Å². The van der Waals surface area contributed by atoms with Crippen molar-refractivity contribution in [2.24, 2.45) is 0 Å². The lowest BCUT2D eigenvalue weighted by Crippen LogP contribution is -2.58. The Bertz CT molecular complexity index is 621. The van der Waals surface area contributed by atoms with Gasteiger partial charge in [-0.15, -0.1) is 0 Å². The Balaban J connectivity index is 1.72. The van der Waals surface area contributed by atoms with Crippen LogP contribution >= 0.6 is 0 Å². The summed E-state index contributed by atoms with van der Waals surface area (Å²) in [6.07, 6.45) is 0.0796. The summed E-state index contributed by atoms with van der Waals surface area (Å²) < 4.78 is 13.1. The van der Waals surface area contributed by atoms with Gasteiger partial charge in [-0.25, -0.2) is 4.39 Å². The number of piperazine rings is 1. The van der Waals surface area contributed by atoms with E-state index in [1.807, 2.05) is 0 Å². The van der Waals surface area contributed by atoms with Crippen molar-refractivity contribution in [1.29, 1.82) is 0 Å². The summed E-state index contributed by atoms with van der Waals surface area (Å²) in [5, 5.41) is 10.6. The third kappa shape index (κ3) is 5.03. The largest absolute Gasteiger partial charge is 0.354 e. The maximum absolute atomic E-state index is 13.1. The van der Waals surface area contributed by atoms with Crippen LogP contribution in [-0.2, 0) is 14.4 Å². The van der Waals surface area contributed by atoms with Crippen molar-refractivity contribution in [2.75, 3.05) is 25.0 Å². The van der Waals surface area contributed by atoms with E-state index >= 15 is 0 Å². The summed E-state index contributed by atoms with van der Waals surface area (Å²) >= 11 is 0. The molecule has 1 fully saturated rings. The van der Waals surface area contributed by atoms with E-state index in [2.05, 4.69) is 21.3 Å². The average Bonchev–Trinajstić information content (AvgIpc) is 2.51. The van der Waals surface area contributed by atoms with Crippen LogP contribution in [0.15, 0.2) is 18.2 Å². The van der Waals surface area contributed by atoms with Crippen molar-refractivity contribution >= 4 is 23.4 Å². The number of carbonyl (C=O) groups is 3. The number of rotatable bonds is 5. The van der Waals surface area contributed by atoms with Gasteiger partial charge in [0.2, 0.25) is 17.7 Å². The zero-order valence-electron chi connectivity index (χ0n) is 12.7. The second-order valence-corrected chi connectivity index (χ2v) is 5.30. The topological polar surface area (TPSA) is 99.3 Å². The zero-order valence-corrected chi connectivity index (χ0v) is 12.7. The highest BCUT2D eigenvalue weighted by molar-refractivity contribution is 5.92. The van der Waals surface area contributed by atoms with E-state index in [9.17, 15) is 18.8 Å². The number of aryl methyl sites for hydroxylation is 1. The number of benzene rings is 1. The molecule has 0 aromatic heterocycles. The molecule has 7 nitrogen and oxygen atoms in total. The van der Waals surface area contributed by atoms with E-state index in [0.29, 0.717) is 17.8 Å². The van der Waals surface area contributed by atoms with Gasteiger partial charge in [0.05, 0.1) is 6.54 Å².